The van der Waals surface area contributed by atoms with E-state index in [4.69, 9.17) is 14.2 Å². The minimum absolute atomic E-state index is 0.0312. The fourth-order valence-corrected chi connectivity index (χ4v) is 7.01. The van der Waals surface area contributed by atoms with Crippen LogP contribution in [0.15, 0.2) is 122 Å². The van der Waals surface area contributed by atoms with Crippen molar-refractivity contribution in [3.63, 3.8) is 0 Å². The molecule has 0 aliphatic heterocycles. The second-order valence-corrected chi connectivity index (χ2v) is 17.4. The number of hydrogen-bond donors (Lipinski definition) is 0. The van der Waals surface area contributed by atoms with Crippen molar-refractivity contribution in [2.45, 2.75) is 232 Å². The van der Waals surface area contributed by atoms with Crippen molar-refractivity contribution < 1.29 is 23.8 Å². The molecule has 0 saturated heterocycles. The van der Waals surface area contributed by atoms with Crippen molar-refractivity contribution >= 4 is 11.9 Å². The SMILES string of the molecule is CC/C=C\C/C=C\C/C=C\C/C=C\C/C=C\CCCCCC(=O)OCC(COCCCCCCCCCC/C=C\CCCCCCCC)OC(=O)CC/C=C\C/C=C\C/C=C\C/C=C\CC. The van der Waals surface area contributed by atoms with E-state index < -0.39 is 6.10 Å². The number of hydrogen-bond acceptors (Lipinski definition) is 5. The maximum atomic E-state index is 12.8. The van der Waals surface area contributed by atoms with Gasteiger partial charge in [0.2, 0.25) is 0 Å². The lowest BCUT2D eigenvalue weighted by atomic mass is 10.1. The molecule has 0 aromatic carbocycles. The first-order valence-electron chi connectivity index (χ1n) is 27.1. The Morgan fingerprint density at radius 1 is 0.348 bits per heavy atom. The highest BCUT2D eigenvalue weighted by atomic mass is 16.6. The molecule has 0 aromatic heterocycles. The molecule has 0 amide bonds. The Hall–Kier alpha value is -3.70. The van der Waals surface area contributed by atoms with Gasteiger partial charge < -0.3 is 14.2 Å². The highest BCUT2D eigenvalue weighted by Gasteiger charge is 2.17. The van der Waals surface area contributed by atoms with Crippen LogP contribution >= 0.6 is 0 Å². The molecule has 0 fully saturated rings. The van der Waals surface area contributed by atoms with E-state index in [0.29, 0.717) is 19.4 Å². The van der Waals surface area contributed by atoms with Crippen LogP contribution in [-0.2, 0) is 23.8 Å². The molecule has 5 heteroatoms. The van der Waals surface area contributed by atoms with Crippen molar-refractivity contribution in [3.8, 4) is 0 Å². The van der Waals surface area contributed by atoms with Crippen molar-refractivity contribution in [1.29, 1.82) is 0 Å². The van der Waals surface area contributed by atoms with Gasteiger partial charge in [0.1, 0.15) is 6.61 Å². The van der Waals surface area contributed by atoms with Gasteiger partial charge in [0.05, 0.1) is 6.61 Å². The predicted molar refractivity (Wildman–Crippen MR) is 288 cm³/mol. The Kier molecular flexibility index (Phi) is 52.5. The maximum absolute atomic E-state index is 12.8. The van der Waals surface area contributed by atoms with Crippen LogP contribution in [0.3, 0.4) is 0 Å². The number of ether oxygens (including phenoxy) is 3. The van der Waals surface area contributed by atoms with Gasteiger partial charge in [-0.05, 0) is 116 Å². The fourth-order valence-electron chi connectivity index (χ4n) is 7.01. The number of unbranched alkanes of at least 4 members (excludes halogenated alkanes) is 17. The smallest absolute Gasteiger partial charge is 0.306 e. The number of rotatable bonds is 48. The van der Waals surface area contributed by atoms with Gasteiger partial charge in [-0.3, -0.25) is 9.59 Å². The first-order valence-corrected chi connectivity index (χ1v) is 27.1. The van der Waals surface area contributed by atoms with E-state index in [1.165, 1.54) is 89.9 Å². The summed E-state index contributed by atoms with van der Waals surface area (Å²) in [5.41, 5.74) is 0. The van der Waals surface area contributed by atoms with Crippen LogP contribution in [0.2, 0.25) is 0 Å². The van der Waals surface area contributed by atoms with E-state index in [1.54, 1.807) is 0 Å². The summed E-state index contributed by atoms with van der Waals surface area (Å²) in [7, 11) is 0. The molecule has 0 heterocycles. The molecule has 0 aliphatic rings. The van der Waals surface area contributed by atoms with Gasteiger partial charge in [-0.1, -0.05) is 219 Å². The highest BCUT2D eigenvalue weighted by Crippen LogP contribution is 2.13. The van der Waals surface area contributed by atoms with E-state index in [2.05, 4.69) is 136 Å². The van der Waals surface area contributed by atoms with Crippen molar-refractivity contribution in [1.82, 2.24) is 0 Å². The monoisotopic (exact) mass is 913 g/mol. The molecule has 0 bridgehead atoms. The Balaban J connectivity index is 4.41. The first-order chi connectivity index (χ1) is 32.6. The summed E-state index contributed by atoms with van der Waals surface area (Å²) < 4.78 is 17.3. The van der Waals surface area contributed by atoms with Crippen molar-refractivity contribution in [3.05, 3.63) is 122 Å². The standard InChI is InChI=1S/C61H100O5/c1-4-7-10-13-16-19-22-25-27-29-31-32-34-37-39-42-45-48-51-54-60(62)65-58-59(66-61(63)55-52-49-46-43-40-36-24-21-18-15-12-9-6-3)57-64-56-53-50-47-44-41-38-35-33-30-28-26-23-20-17-14-11-8-5-2/h7,9-10,12,16,18-19,21,25-28,31-32,36-37,39-40,46,49,59H,4-6,8,11,13-15,17,20,22-24,29-30,33-35,38,41-45,47-48,50-58H2,1-3H3/b10-7-,12-9-,19-16-,21-18-,27-25-,28-26-,32-31-,39-37-,40-36-,49-46-. The van der Waals surface area contributed by atoms with Gasteiger partial charge in [-0.15, -0.1) is 0 Å². The molecule has 0 N–H and O–H groups in total. The summed E-state index contributed by atoms with van der Waals surface area (Å²) in [6, 6.07) is 0. The molecule has 0 rings (SSSR count). The first kappa shape index (κ1) is 62.3. The van der Waals surface area contributed by atoms with E-state index in [9.17, 15) is 9.59 Å². The minimum atomic E-state index is -0.598. The summed E-state index contributed by atoms with van der Waals surface area (Å²) in [4.78, 5) is 25.4. The van der Waals surface area contributed by atoms with Crippen molar-refractivity contribution in [2.75, 3.05) is 19.8 Å². The lowest BCUT2D eigenvalue weighted by molar-refractivity contribution is -0.162. The van der Waals surface area contributed by atoms with Crippen LogP contribution in [0, 0.1) is 0 Å². The maximum Gasteiger partial charge on any atom is 0.306 e. The van der Waals surface area contributed by atoms with Crippen LogP contribution in [-0.4, -0.2) is 37.9 Å². The average molecular weight is 913 g/mol. The number of carbonyl (C=O) groups is 2. The molecule has 0 saturated carbocycles. The topological polar surface area (TPSA) is 61.8 Å². The normalized spacial score (nSPS) is 13.2. The molecular formula is C61H100O5. The Morgan fingerprint density at radius 3 is 1.17 bits per heavy atom. The zero-order valence-electron chi connectivity index (χ0n) is 42.9. The molecule has 1 atom stereocenters. The van der Waals surface area contributed by atoms with Crippen LogP contribution in [0.25, 0.3) is 0 Å². The van der Waals surface area contributed by atoms with Gasteiger partial charge in [0, 0.05) is 19.4 Å². The van der Waals surface area contributed by atoms with Crippen LogP contribution in [0.5, 0.6) is 0 Å². The quantitative estimate of drug-likeness (QED) is 0.0346. The number of esters is 2. The molecule has 5 nitrogen and oxygen atoms in total. The van der Waals surface area contributed by atoms with Gasteiger partial charge in [-0.25, -0.2) is 0 Å². The van der Waals surface area contributed by atoms with Gasteiger partial charge >= 0.3 is 11.9 Å². The predicted octanol–water partition coefficient (Wildman–Crippen LogP) is 18.6. The zero-order chi connectivity index (χ0) is 47.7. The third-order valence-electron chi connectivity index (χ3n) is 11.0. The molecule has 374 valence electrons. The molecule has 1 unspecified atom stereocenters. The van der Waals surface area contributed by atoms with Gasteiger partial charge in [-0.2, -0.15) is 0 Å². The van der Waals surface area contributed by atoms with E-state index in [0.717, 1.165) is 96.3 Å². The van der Waals surface area contributed by atoms with Crippen molar-refractivity contribution in [2.24, 2.45) is 0 Å². The second kappa shape index (κ2) is 55.6. The van der Waals surface area contributed by atoms with Crippen LogP contribution in [0.1, 0.15) is 226 Å². The van der Waals surface area contributed by atoms with Crippen LogP contribution in [0.4, 0.5) is 0 Å². The highest BCUT2D eigenvalue weighted by molar-refractivity contribution is 5.70. The largest absolute Gasteiger partial charge is 0.462 e. The summed E-state index contributed by atoms with van der Waals surface area (Å²) >= 11 is 0. The summed E-state index contributed by atoms with van der Waals surface area (Å²) in [6.45, 7) is 7.47. The van der Waals surface area contributed by atoms with E-state index >= 15 is 0 Å². The Bertz CT molecular complexity index is 1350. The fraction of sp³-hybridized carbons (Fsp3) is 0.639. The second-order valence-electron chi connectivity index (χ2n) is 17.4. The summed E-state index contributed by atoms with van der Waals surface area (Å²) in [5.74, 6) is -0.535. The number of allylic oxidation sites excluding steroid dienone is 20. The van der Waals surface area contributed by atoms with Gasteiger partial charge in [0.15, 0.2) is 6.10 Å². The molecule has 0 aromatic rings. The zero-order valence-corrected chi connectivity index (χ0v) is 42.9. The Morgan fingerprint density at radius 2 is 0.712 bits per heavy atom. The third kappa shape index (κ3) is 52.9. The lowest BCUT2D eigenvalue weighted by Crippen LogP contribution is -2.30. The number of carbonyl (C=O) groups excluding carboxylic acids is 2. The van der Waals surface area contributed by atoms with E-state index in [1.807, 2.05) is 6.08 Å². The third-order valence-corrected chi connectivity index (χ3v) is 11.0. The Labute approximate surface area is 407 Å². The lowest BCUT2D eigenvalue weighted by Gasteiger charge is -2.18. The molecule has 0 spiro atoms. The van der Waals surface area contributed by atoms with Crippen LogP contribution < -0.4 is 0 Å². The average Bonchev–Trinajstić information content (AvgIpc) is 3.32. The van der Waals surface area contributed by atoms with Gasteiger partial charge in [0.25, 0.3) is 0 Å². The van der Waals surface area contributed by atoms with E-state index in [-0.39, 0.29) is 31.6 Å². The minimum Gasteiger partial charge on any atom is -0.462 e. The molecule has 0 radical (unpaired) electrons. The molecule has 66 heavy (non-hydrogen) atoms. The summed E-state index contributed by atoms with van der Waals surface area (Å²) in [5, 5.41) is 0. The summed E-state index contributed by atoms with van der Waals surface area (Å²) in [6.07, 6.45) is 78.0. The molecule has 0 aliphatic carbocycles. The molecular weight excluding hydrogens is 813 g/mol.